The van der Waals surface area contributed by atoms with Gasteiger partial charge in [0, 0.05) is 11.1 Å². The molecule has 1 N–H and O–H groups in total. The Labute approximate surface area is 113 Å². The first-order valence-electron chi connectivity index (χ1n) is 5.74. The second kappa shape index (κ2) is 5.10. The fraction of sp³-hybridized carbons (Fsp3) is 0.385. The predicted octanol–water partition coefficient (Wildman–Crippen LogP) is 2.43. The molecule has 0 radical (unpaired) electrons. The van der Waals surface area contributed by atoms with Crippen LogP contribution in [0.3, 0.4) is 0 Å². The van der Waals surface area contributed by atoms with Gasteiger partial charge in [-0.1, -0.05) is 35.0 Å². The standard InChI is InChI=1S/C13H13BrO4/c1-2-10(13(16)17)18-11-5-3-4-7-8(11)6-9(14)12(7)15/h3-5,9-10H,2,6H2,1H3,(H,16,17). The van der Waals surface area contributed by atoms with Crippen molar-refractivity contribution in [1.29, 1.82) is 0 Å². The van der Waals surface area contributed by atoms with Crippen LogP contribution in [0, 0.1) is 0 Å². The number of alkyl halides is 1. The quantitative estimate of drug-likeness (QED) is 0.867. The average Bonchev–Trinajstić information content (AvgIpc) is 2.63. The molecule has 1 aromatic carbocycles. The molecule has 2 rings (SSSR count). The lowest BCUT2D eigenvalue weighted by molar-refractivity contribution is -0.145. The summed E-state index contributed by atoms with van der Waals surface area (Å²) in [7, 11) is 0. The van der Waals surface area contributed by atoms with Crippen LogP contribution in [-0.2, 0) is 11.2 Å². The van der Waals surface area contributed by atoms with Gasteiger partial charge in [0.15, 0.2) is 11.9 Å². The third-order valence-electron chi connectivity index (χ3n) is 2.98. The molecular formula is C13H13BrO4. The van der Waals surface area contributed by atoms with E-state index in [-0.39, 0.29) is 10.6 Å². The number of Topliss-reactive ketones (excluding diaryl/α,β-unsaturated/α-hetero) is 1. The summed E-state index contributed by atoms with van der Waals surface area (Å²) >= 11 is 3.31. The Balaban J connectivity index is 2.31. The smallest absolute Gasteiger partial charge is 0.344 e. The van der Waals surface area contributed by atoms with Crippen LogP contribution >= 0.6 is 15.9 Å². The predicted molar refractivity (Wildman–Crippen MR) is 69.5 cm³/mol. The molecule has 1 aliphatic rings. The minimum Gasteiger partial charge on any atom is -0.479 e. The molecule has 96 valence electrons. The van der Waals surface area contributed by atoms with E-state index >= 15 is 0 Å². The highest BCUT2D eigenvalue weighted by Crippen LogP contribution is 2.34. The molecule has 2 unspecified atom stereocenters. The molecule has 4 nitrogen and oxygen atoms in total. The number of ketones is 1. The van der Waals surface area contributed by atoms with E-state index < -0.39 is 12.1 Å². The first-order valence-corrected chi connectivity index (χ1v) is 6.65. The van der Waals surface area contributed by atoms with Gasteiger partial charge < -0.3 is 9.84 Å². The molecule has 0 heterocycles. The Hall–Kier alpha value is -1.36. The summed E-state index contributed by atoms with van der Waals surface area (Å²) < 4.78 is 5.49. The Morgan fingerprint density at radius 2 is 2.33 bits per heavy atom. The summed E-state index contributed by atoms with van der Waals surface area (Å²) in [6.45, 7) is 1.75. The van der Waals surface area contributed by atoms with E-state index in [9.17, 15) is 9.59 Å². The highest BCUT2D eigenvalue weighted by molar-refractivity contribution is 9.10. The van der Waals surface area contributed by atoms with Crippen molar-refractivity contribution in [2.24, 2.45) is 0 Å². The molecule has 0 bridgehead atoms. The number of benzene rings is 1. The highest BCUT2D eigenvalue weighted by Gasteiger charge is 2.31. The molecule has 18 heavy (non-hydrogen) atoms. The number of carboxylic acids is 1. The fourth-order valence-corrected chi connectivity index (χ4v) is 2.59. The molecule has 0 saturated heterocycles. The third kappa shape index (κ3) is 2.27. The van der Waals surface area contributed by atoms with Crippen LogP contribution < -0.4 is 4.74 Å². The van der Waals surface area contributed by atoms with E-state index in [4.69, 9.17) is 9.84 Å². The normalized spacial score (nSPS) is 19.4. The maximum absolute atomic E-state index is 11.8. The molecule has 0 saturated carbocycles. The van der Waals surface area contributed by atoms with Crippen LogP contribution in [0.5, 0.6) is 5.75 Å². The SMILES string of the molecule is CCC(Oc1cccc2c1CC(Br)C2=O)C(=O)O. The van der Waals surface area contributed by atoms with Crippen LogP contribution in [0.25, 0.3) is 0 Å². The largest absolute Gasteiger partial charge is 0.479 e. The summed E-state index contributed by atoms with van der Waals surface area (Å²) in [4.78, 5) is 22.5. The summed E-state index contributed by atoms with van der Waals surface area (Å²) in [6, 6.07) is 5.17. The zero-order chi connectivity index (χ0) is 13.3. The molecule has 1 aromatic rings. The molecule has 5 heteroatoms. The van der Waals surface area contributed by atoms with Gasteiger partial charge in [-0.25, -0.2) is 4.79 Å². The van der Waals surface area contributed by atoms with E-state index in [0.717, 1.165) is 5.56 Å². The van der Waals surface area contributed by atoms with Gasteiger partial charge >= 0.3 is 5.97 Å². The van der Waals surface area contributed by atoms with Crippen LogP contribution in [0.4, 0.5) is 0 Å². The monoisotopic (exact) mass is 312 g/mol. The summed E-state index contributed by atoms with van der Waals surface area (Å²) in [5.41, 5.74) is 1.42. The van der Waals surface area contributed by atoms with Gasteiger partial charge in [-0.3, -0.25) is 4.79 Å². The van der Waals surface area contributed by atoms with Gasteiger partial charge in [0.25, 0.3) is 0 Å². The topological polar surface area (TPSA) is 63.6 Å². The lowest BCUT2D eigenvalue weighted by Gasteiger charge is -2.15. The number of aliphatic carboxylic acids is 1. The minimum absolute atomic E-state index is 0.0267. The van der Waals surface area contributed by atoms with Crippen LogP contribution in [0.2, 0.25) is 0 Å². The molecule has 0 fully saturated rings. The van der Waals surface area contributed by atoms with Gasteiger partial charge in [0.1, 0.15) is 5.75 Å². The number of halogens is 1. The van der Waals surface area contributed by atoms with Crippen molar-refractivity contribution >= 4 is 27.7 Å². The van der Waals surface area contributed by atoms with Crippen LogP contribution in [0.1, 0.15) is 29.3 Å². The lowest BCUT2D eigenvalue weighted by atomic mass is 10.1. The molecule has 2 atom stereocenters. The zero-order valence-electron chi connectivity index (χ0n) is 9.85. The van der Waals surface area contributed by atoms with Gasteiger partial charge in [-0.2, -0.15) is 0 Å². The van der Waals surface area contributed by atoms with E-state index in [1.165, 1.54) is 0 Å². The third-order valence-corrected chi connectivity index (χ3v) is 3.72. The second-order valence-corrected chi connectivity index (χ2v) is 5.28. The van der Waals surface area contributed by atoms with E-state index in [1.54, 1.807) is 25.1 Å². The summed E-state index contributed by atoms with van der Waals surface area (Å²) in [6.07, 6.45) is 0.0476. The van der Waals surface area contributed by atoms with Crippen molar-refractivity contribution < 1.29 is 19.4 Å². The fourth-order valence-electron chi connectivity index (χ4n) is 2.02. The maximum atomic E-state index is 11.8. The molecule has 0 amide bonds. The Morgan fingerprint density at radius 1 is 1.61 bits per heavy atom. The number of ether oxygens (including phenoxy) is 1. The van der Waals surface area contributed by atoms with E-state index in [2.05, 4.69) is 15.9 Å². The number of carbonyl (C=O) groups is 2. The van der Waals surface area contributed by atoms with Gasteiger partial charge in [0.2, 0.25) is 0 Å². The van der Waals surface area contributed by atoms with Crippen molar-refractivity contribution in [3.05, 3.63) is 29.3 Å². The summed E-state index contributed by atoms with van der Waals surface area (Å²) in [5, 5.41) is 8.99. The Bertz CT molecular complexity index is 498. The number of rotatable bonds is 4. The van der Waals surface area contributed by atoms with Crippen molar-refractivity contribution in [2.45, 2.75) is 30.7 Å². The number of hydrogen-bond donors (Lipinski definition) is 1. The van der Waals surface area contributed by atoms with Crippen molar-refractivity contribution in [3.8, 4) is 5.75 Å². The van der Waals surface area contributed by atoms with Crippen molar-refractivity contribution in [1.82, 2.24) is 0 Å². The summed E-state index contributed by atoms with van der Waals surface area (Å²) in [5.74, 6) is -0.467. The first kappa shape index (κ1) is 13.1. The van der Waals surface area contributed by atoms with Crippen molar-refractivity contribution in [2.75, 3.05) is 0 Å². The average molecular weight is 313 g/mol. The molecular weight excluding hydrogens is 300 g/mol. The van der Waals surface area contributed by atoms with Gasteiger partial charge in [-0.05, 0) is 18.9 Å². The minimum atomic E-state index is -0.991. The maximum Gasteiger partial charge on any atom is 0.344 e. The number of carbonyl (C=O) groups excluding carboxylic acids is 1. The van der Waals surface area contributed by atoms with Gasteiger partial charge in [-0.15, -0.1) is 0 Å². The Morgan fingerprint density at radius 3 is 2.94 bits per heavy atom. The molecule has 1 aliphatic carbocycles. The molecule has 0 aromatic heterocycles. The first-order chi connectivity index (χ1) is 8.54. The molecule has 0 spiro atoms. The van der Waals surface area contributed by atoms with Crippen LogP contribution in [-0.4, -0.2) is 27.8 Å². The molecule has 0 aliphatic heterocycles. The van der Waals surface area contributed by atoms with Gasteiger partial charge in [0.05, 0.1) is 4.83 Å². The second-order valence-electron chi connectivity index (χ2n) is 4.17. The zero-order valence-corrected chi connectivity index (χ0v) is 11.4. The van der Waals surface area contributed by atoms with E-state index in [0.29, 0.717) is 24.2 Å². The Kier molecular flexibility index (Phi) is 3.71. The number of carboxylic acid groups (broad SMARTS) is 1. The lowest BCUT2D eigenvalue weighted by Crippen LogP contribution is -2.26. The van der Waals surface area contributed by atoms with E-state index in [1.807, 2.05) is 0 Å². The number of hydrogen-bond acceptors (Lipinski definition) is 3. The van der Waals surface area contributed by atoms with Crippen molar-refractivity contribution in [3.63, 3.8) is 0 Å². The number of fused-ring (bicyclic) bond motifs is 1. The highest BCUT2D eigenvalue weighted by atomic mass is 79.9. The van der Waals surface area contributed by atoms with Crippen LogP contribution in [0.15, 0.2) is 18.2 Å².